The first-order valence-corrected chi connectivity index (χ1v) is 9.21. The van der Waals surface area contributed by atoms with E-state index in [0.717, 1.165) is 28.5 Å². The Hall–Kier alpha value is -3.20. The molecule has 0 aliphatic carbocycles. The maximum absolute atomic E-state index is 4.62. The van der Waals surface area contributed by atoms with Crippen LogP contribution >= 0.6 is 0 Å². The molecule has 3 nitrogen and oxygen atoms in total. The molecule has 3 heteroatoms. The van der Waals surface area contributed by atoms with Crippen molar-refractivity contribution in [3.8, 4) is 28.5 Å². The summed E-state index contributed by atoms with van der Waals surface area (Å²) < 4.78 is 2.21. The van der Waals surface area contributed by atoms with E-state index >= 15 is 0 Å². The van der Waals surface area contributed by atoms with Crippen LogP contribution in [0, 0.1) is 27.7 Å². The van der Waals surface area contributed by atoms with Gasteiger partial charge < -0.3 is 0 Å². The predicted molar refractivity (Wildman–Crippen MR) is 111 cm³/mol. The molecule has 3 aromatic carbocycles. The zero-order chi connectivity index (χ0) is 19.0. The highest BCUT2D eigenvalue weighted by atomic mass is 15.3. The molecule has 0 unspecified atom stereocenters. The molecule has 0 spiro atoms. The summed E-state index contributed by atoms with van der Waals surface area (Å²) in [7, 11) is 0. The topological polar surface area (TPSA) is 30.7 Å². The zero-order valence-electron chi connectivity index (χ0n) is 16.2. The number of hydrogen-bond acceptors (Lipinski definition) is 2. The lowest BCUT2D eigenvalue weighted by Gasteiger charge is -2.17. The highest BCUT2D eigenvalue weighted by Crippen LogP contribution is 2.33. The van der Waals surface area contributed by atoms with E-state index < -0.39 is 0 Å². The summed E-state index contributed by atoms with van der Waals surface area (Å²) in [5.74, 6) is 1.74. The summed E-state index contributed by atoms with van der Waals surface area (Å²) in [6.45, 7) is 8.57. The van der Waals surface area contributed by atoms with Crippen LogP contribution in [0.4, 0.5) is 0 Å². The van der Waals surface area contributed by atoms with Gasteiger partial charge in [-0.15, -0.1) is 10.2 Å². The maximum atomic E-state index is 4.62. The molecule has 134 valence electrons. The van der Waals surface area contributed by atoms with Crippen molar-refractivity contribution in [2.24, 2.45) is 0 Å². The normalized spacial score (nSPS) is 11.0. The molecule has 4 aromatic rings. The van der Waals surface area contributed by atoms with E-state index in [2.05, 4.69) is 91.0 Å². The van der Waals surface area contributed by atoms with Crippen molar-refractivity contribution in [3.05, 3.63) is 89.0 Å². The van der Waals surface area contributed by atoms with Crippen molar-refractivity contribution >= 4 is 0 Å². The van der Waals surface area contributed by atoms with Crippen LogP contribution < -0.4 is 0 Å². The van der Waals surface area contributed by atoms with E-state index in [1.165, 1.54) is 22.3 Å². The van der Waals surface area contributed by atoms with Crippen LogP contribution in [0.5, 0.6) is 0 Å². The van der Waals surface area contributed by atoms with Crippen LogP contribution in [0.15, 0.2) is 66.7 Å². The molecule has 0 amide bonds. The minimum atomic E-state index is 0.865. The molecule has 1 aromatic heterocycles. The predicted octanol–water partition coefficient (Wildman–Crippen LogP) is 5.83. The molecular weight excluding hydrogens is 330 g/mol. The zero-order valence-corrected chi connectivity index (χ0v) is 16.2. The number of nitrogens with zero attached hydrogens (tertiary/aromatic N) is 3. The van der Waals surface area contributed by atoms with Gasteiger partial charge in [0.15, 0.2) is 11.6 Å². The molecule has 0 radical (unpaired) electrons. The van der Waals surface area contributed by atoms with Gasteiger partial charge in [0.05, 0.1) is 5.69 Å². The SMILES string of the molecule is Cc1cc(C)c(-n2c(-c3ccccc3)nnc2-c2ccccc2C)c(C)c1. The highest BCUT2D eigenvalue weighted by Gasteiger charge is 2.20. The van der Waals surface area contributed by atoms with Gasteiger partial charge in [0.25, 0.3) is 0 Å². The van der Waals surface area contributed by atoms with Gasteiger partial charge in [0, 0.05) is 11.1 Å². The summed E-state index contributed by atoms with van der Waals surface area (Å²) in [6, 6.07) is 23.1. The van der Waals surface area contributed by atoms with E-state index in [9.17, 15) is 0 Å². The summed E-state index contributed by atoms with van der Waals surface area (Å²) in [4.78, 5) is 0. The Morgan fingerprint density at radius 2 is 1.22 bits per heavy atom. The van der Waals surface area contributed by atoms with Crippen LogP contribution in [0.25, 0.3) is 28.5 Å². The van der Waals surface area contributed by atoms with Gasteiger partial charge in [-0.05, 0) is 44.4 Å². The Balaban J connectivity index is 2.07. The smallest absolute Gasteiger partial charge is 0.169 e. The molecule has 0 aliphatic rings. The molecular formula is C24H23N3. The van der Waals surface area contributed by atoms with E-state index in [1.807, 2.05) is 18.2 Å². The van der Waals surface area contributed by atoms with Crippen molar-refractivity contribution in [2.45, 2.75) is 27.7 Å². The fourth-order valence-electron chi connectivity index (χ4n) is 3.79. The van der Waals surface area contributed by atoms with Crippen molar-refractivity contribution in [2.75, 3.05) is 0 Å². The first-order chi connectivity index (χ1) is 13.1. The number of aryl methyl sites for hydroxylation is 4. The molecule has 0 saturated heterocycles. The van der Waals surface area contributed by atoms with Gasteiger partial charge in [0.2, 0.25) is 0 Å². The fourth-order valence-corrected chi connectivity index (χ4v) is 3.79. The molecule has 0 saturated carbocycles. The third-order valence-corrected chi connectivity index (χ3v) is 4.94. The molecule has 27 heavy (non-hydrogen) atoms. The molecule has 0 bridgehead atoms. The second-order valence-electron chi connectivity index (χ2n) is 7.11. The quantitative estimate of drug-likeness (QED) is 0.463. The lowest BCUT2D eigenvalue weighted by Crippen LogP contribution is -2.06. The number of benzene rings is 3. The van der Waals surface area contributed by atoms with Gasteiger partial charge in [-0.1, -0.05) is 72.3 Å². The minimum Gasteiger partial charge on any atom is -0.274 e. The molecule has 4 rings (SSSR count). The monoisotopic (exact) mass is 353 g/mol. The molecule has 1 heterocycles. The van der Waals surface area contributed by atoms with Gasteiger partial charge in [-0.2, -0.15) is 0 Å². The Morgan fingerprint density at radius 3 is 1.89 bits per heavy atom. The second kappa shape index (κ2) is 6.84. The first-order valence-electron chi connectivity index (χ1n) is 9.21. The average Bonchev–Trinajstić information content (AvgIpc) is 3.06. The number of rotatable bonds is 3. The largest absolute Gasteiger partial charge is 0.274 e. The van der Waals surface area contributed by atoms with Crippen molar-refractivity contribution < 1.29 is 0 Å². The Morgan fingerprint density at radius 1 is 0.630 bits per heavy atom. The third kappa shape index (κ3) is 3.06. The highest BCUT2D eigenvalue weighted by molar-refractivity contribution is 5.70. The van der Waals surface area contributed by atoms with Crippen LogP contribution in [-0.4, -0.2) is 14.8 Å². The first kappa shape index (κ1) is 17.2. The molecule has 0 N–H and O–H groups in total. The van der Waals surface area contributed by atoms with Gasteiger partial charge in [0.1, 0.15) is 0 Å². The summed E-state index contributed by atoms with van der Waals surface area (Å²) >= 11 is 0. The minimum absolute atomic E-state index is 0.865. The standard InChI is InChI=1S/C24H23N3/c1-16-14-18(3)22(19(4)15-16)27-23(20-11-6-5-7-12-20)25-26-24(27)21-13-9-8-10-17(21)2/h5-15H,1-4H3. The van der Waals surface area contributed by atoms with E-state index in [1.54, 1.807) is 0 Å². The van der Waals surface area contributed by atoms with Crippen molar-refractivity contribution in [1.29, 1.82) is 0 Å². The lowest BCUT2D eigenvalue weighted by atomic mass is 10.0. The molecule has 0 fully saturated rings. The molecule has 0 aliphatic heterocycles. The second-order valence-corrected chi connectivity index (χ2v) is 7.11. The maximum Gasteiger partial charge on any atom is 0.169 e. The van der Waals surface area contributed by atoms with Gasteiger partial charge in [-0.25, -0.2) is 0 Å². The van der Waals surface area contributed by atoms with Crippen LogP contribution in [0.1, 0.15) is 22.3 Å². The number of aromatic nitrogens is 3. The van der Waals surface area contributed by atoms with E-state index in [-0.39, 0.29) is 0 Å². The summed E-state index contributed by atoms with van der Waals surface area (Å²) in [6.07, 6.45) is 0. The van der Waals surface area contributed by atoms with Crippen molar-refractivity contribution in [1.82, 2.24) is 14.8 Å². The Kier molecular flexibility index (Phi) is 4.36. The average molecular weight is 353 g/mol. The van der Waals surface area contributed by atoms with Gasteiger partial charge >= 0.3 is 0 Å². The Labute approximate surface area is 160 Å². The van der Waals surface area contributed by atoms with Gasteiger partial charge in [-0.3, -0.25) is 4.57 Å². The van der Waals surface area contributed by atoms with Crippen LogP contribution in [-0.2, 0) is 0 Å². The molecule has 0 atom stereocenters. The third-order valence-electron chi connectivity index (χ3n) is 4.94. The summed E-state index contributed by atoms with van der Waals surface area (Å²) in [5.41, 5.74) is 8.21. The van der Waals surface area contributed by atoms with E-state index in [0.29, 0.717) is 0 Å². The van der Waals surface area contributed by atoms with E-state index in [4.69, 9.17) is 0 Å². The lowest BCUT2D eigenvalue weighted by molar-refractivity contribution is 1.03. The summed E-state index contributed by atoms with van der Waals surface area (Å²) in [5, 5.41) is 9.22. The Bertz CT molecular complexity index is 1080. The van der Waals surface area contributed by atoms with Crippen molar-refractivity contribution in [3.63, 3.8) is 0 Å². The van der Waals surface area contributed by atoms with Crippen LogP contribution in [0.2, 0.25) is 0 Å². The fraction of sp³-hybridized carbons (Fsp3) is 0.167. The number of hydrogen-bond donors (Lipinski definition) is 0. The van der Waals surface area contributed by atoms with Crippen LogP contribution in [0.3, 0.4) is 0 Å².